The monoisotopic (exact) mass is 318 g/mol. The lowest BCUT2D eigenvalue weighted by atomic mass is 10.2. The smallest absolute Gasteiger partial charge is 0.142 e. The van der Waals surface area contributed by atoms with E-state index < -0.39 is 6.17 Å². The Bertz CT molecular complexity index is 576. The Morgan fingerprint density at radius 2 is 2.13 bits per heavy atom. The first-order valence-electron chi connectivity index (χ1n) is 7.99. The Hall–Kier alpha value is -1.86. The minimum Gasteiger partial charge on any atom is -0.336 e. The van der Waals surface area contributed by atoms with Gasteiger partial charge < -0.3 is 9.47 Å². The molecule has 2 aromatic heterocycles. The molecule has 3 heterocycles. The van der Waals surface area contributed by atoms with E-state index in [9.17, 15) is 4.39 Å². The second kappa shape index (κ2) is 7.61. The fourth-order valence-electron chi connectivity index (χ4n) is 3.06. The highest BCUT2D eigenvalue weighted by atomic mass is 19.1. The van der Waals surface area contributed by atoms with Crippen LogP contribution in [0.25, 0.3) is 0 Å². The first-order valence-corrected chi connectivity index (χ1v) is 7.99. The van der Waals surface area contributed by atoms with Crippen LogP contribution in [0.2, 0.25) is 0 Å². The summed E-state index contributed by atoms with van der Waals surface area (Å²) in [5, 5.41) is 0. The molecule has 0 bridgehead atoms. The zero-order valence-electron chi connectivity index (χ0n) is 13.4. The van der Waals surface area contributed by atoms with Crippen molar-refractivity contribution in [1.82, 2.24) is 29.3 Å². The van der Waals surface area contributed by atoms with Gasteiger partial charge in [-0.2, -0.15) is 0 Å². The van der Waals surface area contributed by atoms with Crippen LogP contribution in [0.1, 0.15) is 12.2 Å². The van der Waals surface area contributed by atoms with E-state index in [1.807, 2.05) is 12.5 Å². The molecule has 0 aliphatic carbocycles. The topological polar surface area (TPSA) is 50.1 Å². The molecular weight excluding hydrogens is 295 g/mol. The van der Waals surface area contributed by atoms with Crippen LogP contribution in [-0.4, -0.2) is 68.2 Å². The Balaban J connectivity index is 1.52. The van der Waals surface area contributed by atoms with Crippen molar-refractivity contribution < 1.29 is 4.39 Å². The fraction of sp³-hybridized carbons (Fsp3) is 0.562. The van der Waals surface area contributed by atoms with Crippen LogP contribution in [0, 0.1) is 0 Å². The average Bonchev–Trinajstić information content (AvgIpc) is 3.17. The van der Waals surface area contributed by atoms with Crippen molar-refractivity contribution in [2.45, 2.75) is 31.7 Å². The van der Waals surface area contributed by atoms with Gasteiger partial charge in [0.2, 0.25) is 0 Å². The maximum absolute atomic E-state index is 13.9. The van der Waals surface area contributed by atoms with Gasteiger partial charge in [0.25, 0.3) is 0 Å². The van der Waals surface area contributed by atoms with Gasteiger partial charge in [-0.25, -0.2) is 19.3 Å². The number of hydrogen-bond donors (Lipinski definition) is 0. The summed E-state index contributed by atoms with van der Waals surface area (Å²) >= 11 is 0. The maximum atomic E-state index is 13.9. The third kappa shape index (κ3) is 4.56. The standard InChI is InChI=1S/C16H23FN6/c1-21(7-8-22-6-5-18-13-22)11-15-9-14(17)10-23(15)12-16-19-3-2-4-20-16/h2-6,13-15H,7-12H2,1H3/t14-,15-/m0/s1. The summed E-state index contributed by atoms with van der Waals surface area (Å²) in [6.07, 6.45) is 8.86. The minimum atomic E-state index is -0.759. The van der Waals surface area contributed by atoms with E-state index in [0.29, 0.717) is 19.5 Å². The van der Waals surface area contributed by atoms with Crippen molar-refractivity contribution in [3.05, 3.63) is 43.0 Å². The molecule has 0 saturated carbocycles. The Kier molecular flexibility index (Phi) is 5.30. The second-order valence-corrected chi connectivity index (χ2v) is 6.14. The van der Waals surface area contributed by atoms with Gasteiger partial charge in [-0.1, -0.05) is 0 Å². The molecule has 0 unspecified atom stereocenters. The summed E-state index contributed by atoms with van der Waals surface area (Å²) in [5.41, 5.74) is 0. The summed E-state index contributed by atoms with van der Waals surface area (Å²) in [5.74, 6) is 0.757. The predicted octanol–water partition coefficient (Wildman–Crippen LogP) is 1.22. The summed E-state index contributed by atoms with van der Waals surface area (Å²) in [7, 11) is 2.08. The molecule has 1 aliphatic heterocycles. The van der Waals surface area contributed by atoms with Crippen molar-refractivity contribution in [3.8, 4) is 0 Å². The lowest BCUT2D eigenvalue weighted by molar-refractivity contribution is 0.178. The highest BCUT2D eigenvalue weighted by Gasteiger charge is 2.33. The van der Waals surface area contributed by atoms with Crippen molar-refractivity contribution in [1.29, 1.82) is 0 Å². The predicted molar refractivity (Wildman–Crippen MR) is 85.5 cm³/mol. The van der Waals surface area contributed by atoms with E-state index in [1.165, 1.54) is 0 Å². The van der Waals surface area contributed by atoms with Gasteiger partial charge in [-0.15, -0.1) is 0 Å². The Morgan fingerprint density at radius 3 is 2.87 bits per heavy atom. The highest BCUT2D eigenvalue weighted by molar-refractivity contribution is 4.93. The van der Waals surface area contributed by atoms with Gasteiger partial charge in [0, 0.05) is 57.0 Å². The van der Waals surface area contributed by atoms with Crippen LogP contribution in [0.4, 0.5) is 4.39 Å². The first-order chi connectivity index (χ1) is 11.2. The van der Waals surface area contributed by atoms with E-state index in [-0.39, 0.29) is 6.04 Å². The molecule has 2 atom stereocenters. The van der Waals surface area contributed by atoms with Gasteiger partial charge in [0.05, 0.1) is 12.9 Å². The van der Waals surface area contributed by atoms with Gasteiger partial charge in [-0.05, 0) is 19.5 Å². The van der Waals surface area contributed by atoms with Crippen LogP contribution in [-0.2, 0) is 13.1 Å². The molecule has 0 spiro atoms. The quantitative estimate of drug-likeness (QED) is 0.768. The number of likely N-dealkylation sites (tertiary alicyclic amines) is 1. The molecule has 3 rings (SSSR count). The molecule has 0 aromatic carbocycles. The van der Waals surface area contributed by atoms with Crippen molar-refractivity contribution in [3.63, 3.8) is 0 Å². The van der Waals surface area contributed by atoms with Crippen molar-refractivity contribution in [2.24, 2.45) is 0 Å². The first kappa shape index (κ1) is 16.0. The Labute approximate surface area is 136 Å². The van der Waals surface area contributed by atoms with Crippen molar-refractivity contribution >= 4 is 0 Å². The molecule has 1 saturated heterocycles. The molecule has 0 radical (unpaired) electrons. The number of alkyl halides is 1. The average molecular weight is 318 g/mol. The molecule has 124 valence electrons. The van der Waals surface area contributed by atoms with Gasteiger partial charge >= 0.3 is 0 Å². The van der Waals surface area contributed by atoms with E-state index in [2.05, 4.69) is 36.4 Å². The summed E-state index contributed by atoms with van der Waals surface area (Å²) < 4.78 is 15.9. The molecule has 0 N–H and O–H groups in total. The van der Waals surface area contributed by atoms with Crippen LogP contribution in [0.3, 0.4) is 0 Å². The second-order valence-electron chi connectivity index (χ2n) is 6.14. The third-order valence-electron chi connectivity index (χ3n) is 4.26. The molecule has 0 amide bonds. The fourth-order valence-corrected chi connectivity index (χ4v) is 3.06. The minimum absolute atomic E-state index is 0.210. The van der Waals surface area contributed by atoms with Crippen LogP contribution >= 0.6 is 0 Å². The van der Waals surface area contributed by atoms with Crippen LogP contribution in [0.15, 0.2) is 37.2 Å². The van der Waals surface area contributed by atoms with Gasteiger partial charge in [0.1, 0.15) is 12.0 Å². The van der Waals surface area contributed by atoms with Gasteiger partial charge in [-0.3, -0.25) is 4.90 Å². The number of imidazole rings is 1. The number of likely N-dealkylation sites (N-methyl/N-ethyl adjacent to an activating group) is 1. The van der Waals surface area contributed by atoms with Crippen LogP contribution in [0.5, 0.6) is 0 Å². The number of rotatable bonds is 7. The number of aromatic nitrogens is 4. The Morgan fingerprint density at radius 1 is 1.30 bits per heavy atom. The number of hydrogen-bond acceptors (Lipinski definition) is 5. The SMILES string of the molecule is CN(CCn1ccnc1)C[C@@H]1C[C@H](F)CN1Cc1ncccn1. The van der Waals surface area contributed by atoms with Crippen LogP contribution < -0.4 is 0 Å². The zero-order chi connectivity index (χ0) is 16.1. The van der Waals surface area contributed by atoms with E-state index >= 15 is 0 Å². The molecule has 2 aromatic rings. The molecule has 6 nitrogen and oxygen atoms in total. The van der Waals surface area contributed by atoms with E-state index in [4.69, 9.17) is 0 Å². The summed E-state index contributed by atoms with van der Waals surface area (Å²) in [6.45, 7) is 3.74. The molecule has 1 fully saturated rings. The summed E-state index contributed by atoms with van der Waals surface area (Å²) in [6, 6.07) is 2.01. The van der Waals surface area contributed by atoms with E-state index in [0.717, 1.165) is 25.5 Å². The lowest BCUT2D eigenvalue weighted by Gasteiger charge is -2.27. The number of nitrogens with zero attached hydrogens (tertiary/aromatic N) is 6. The molecular formula is C16H23FN6. The normalized spacial score (nSPS) is 22.0. The lowest BCUT2D eigenvalue weighted by Crippen LogP contribution is -2.39. The third-order valence-corrected chi connectivity index (χ3v) is 4.26. The largest absolute Gasteiger partial charge is 0.336 e. The van der Waals surface area contributed by atoms with E-state index in [1.54, 1.807) is 24.7 Å². The summed E-state index contributed by atoms with van der Waals surface area (Å²) in [4.78, 5) is 17.0. The molecule has 7 heteroatoms. The van der Waals surface area contributed by atoms with Crippen molar-refractivity contribution in [2.75, 3.05) is 26.7 Å². The highest BCUT2D eigenvalue weighted by Crippen LogP contribution is 2.22. The molecule has 1 aliphatic rings. The maximum Gasteiger partial charge on any atom is 0.142 e. The molecule has 23 heavy (non-hydrogen) atoms. The number of halogens is 1. The zero-order valence-corrected chi connectivity index (χ0v) is 13.4. The van der Waals surface area contributed by atoms with Gasteiger partial charge in [0.15, 0.2) is 0 Å².